The number of benzene rings is 1. The number of alkyl halides is 1. The van der Waals surface area contributed by atoms with Crippen LogP contribution in [-0.2, 0) is 25.3 Å². The molecule has 2 aliphatic heterocycles. The average Bonchev–Trinajstić information content (AvgIpc) is 2.74. The van der Waals surface area contributed by atoms with Gasteiger partial charge in [-0.05, 0) is 51.3 Å². The van der Waals surface area contributed by atoms with Gasteiger partial charge in [0.15, 0.2) is 0 Å². The normalized spacial score (nSPS) is 23.2. The van der Waals surface area contributed by atoms with Crippen molar-refractivity contribution in [3.05, 3.63) is 35.6 Å². The fourth-order valence-electron chi connectivity index (χ4n) is 3.83. The van der Waals surface area contributed by atoms with Crippen LogP contribution in [0.1, 0.15) is 51.6 Å². The lowest BCUT2D eigenvalue weighted by molar-refractivity contribution is -0.146. The molecule has 2 saturated heterocycles. The van der Waals surface area contributed by atoms with Gasteiger partial charge in [-0.3, -0.25) is 19.8 Å². The van der Waals surface area contributed by atoms with E-state index < -0.39 is 70.0 Å². The smallest absolute Gasteiger partial charge is 0.331 e. The van der Waals surface area contributed by atoms with Crippen LogP contribution in [0.5, 0.6) is 0 Å². The Hall–Kier alpha value is -2.24. The first-order valence-corrected chi connectivity index (χ1v) is 12.0. The van der Waals surface area contributed by atoms with Crippen molar-refractivity contribution in [3.8, 4) is 0 Å². The first kappa shape index (κ1) is 25.4. The number of hydrogen-bond acceptors (Lipinski definition) is 5. The summed E-state index contributed by atoms with van der Waals surface area (Å²) in [5.41, 5.74) is 0.195. The van der Waals surface area contributed by atoms with Crippen molar-refractivity contribution >= 4 is 28.8 Å². The summed E-state index contributed by atoms with van der Waals surface area (Å²) in [4.78, 5) is 38.9. The summed E-state index contributed by atoms with van der Waals surface area (Å²) in [6.45, 7) is 5.83. The Morgan fingerprint density at radius 2 is 1.91 bits per heavy atom. The van der Waals surface area contributed by atoms with Crippen LogP contribution in [0.4, 0.5) is 13.6 Å². The molecule has 1 unspecified atom stereocenters. The Balaban J connectivity index is 1.84. The summed E-state index contributed by atoms with van der Waals surface area (Å²) in [6, 6.07) is 2.69. The van der Waals surface area contributed by atoms with Gasteiger partial charge in [-0.2, -0.15) is 0 Å². The fourth-order valence-corrected chi connectivity index (χ4v) is 4.70. The summed E-state index contributed by atoms with van der Waals surface area (Å²) < 4.78 is 49.4. The first-order chi connectivity index (χ1) is 15.5. The Morgan fingerprint density at radius 1 is 1.24 bits per heavy atom. The van der Waals surface area contributed by atoms with Crippen LogP contribution < -0.4 is 10.0 Å². The van der Waals surface area contributed by atoms with Crippen LogP contribution in [0.2, 0.25) is 0 Å². The molecule has 0 radical (unpaired) electrons. The van der Waals surface area contributed by atoms with Gasteiger partial charge in [0, 0.05) is 25.7 Å². The minimum atomic E-state index is -1.87. The maximum Gasteiger partial charge on any atom is 0.331 e. The lowest BCUT2D eigenvalue weighted by Gasteiger charge is -2.38. The quantitative estimate of drug-likeness (QED) is 0.578. The predicted octanol–water partition coefficient (Wildman–Crippen LogP) is 2.52. The average molecular weight is 486 g/mol. The largest absolute Gasteiger partial charge is 0.381 e. The van der Waals surface area contributed by atoms with Crippen molar-refractivity contribution in [1.29, 1.82) is 0 Å². The molecule has 0 spiro atoms. The summed E-state index contributed by atoms with van der Waals surface area (Å²) in [6.07, 6.45) is -1.58. The second-order valence-corrected chi connectivity index (χ2v) is 11.2. The Labute approximate surface area is 194 Å². The van der Waals surface area contributed by atoms with Crippen LogP contribution >= 0.6 is 0 Å². The van der Waals surface area contributed by atoms with E-state index in [1.807, 2.05) is 0 Å². The van der Waals surface area contributed by atoms with Crippen molar-refractivity contribution in [2.75, 3.05) is 13.2 Å². The highest BCUT2D eigenvalue weighted by Crippen LogP contribution is 2.30. The van der Waals surface area contributed by atoms with E-state index in [1.54, 1.807) is 20.8 Å². The van der Waals surface area contributed by atoms with Crippen LogP contribution in [0.15, 0.2) is 24.3 Å². The van der Waals surface area contributed by atoms with E-state index >= 15 is 4.39 Å². The molecule has 182 valence electrons. The molecule has 0 bridgehead atoms. The lowest BCUT2D eigenvalue weighted by atomic mass is 9.91. The highest BCUT2D eigenvalue weighted by Gasteiger charge is 2.46. The van der Waals surface area contributed by atoms with Gasteiger partial charge in [-0.15, -0.1) is 0 Å². The number of urea groups is 1. The monoisotopic (exact) mass is 485 g/mol. The minimum absolute atomic E-state index is 0.195. The van der Waals surface area contributed by atoms with E-state index in [-0.39, 0.29) is 5.56 Å². The van der Waals surface area contributed by atoms with Crippen LogP contribution in [0.25, 0.3) is 0 Å². The van der Waals surface area contributed by atoms with Gasteiger partial charge in [-0.1, -0.05) is 12.1 Å². The molecule has 1 aromatic rings. The van der Waals surface area contributed by atoms with Crippen molar-refractivity contribution in [2.45, 2.75) is 63.0 Å². The summed E-state index contributed by atoms with van der Waals surface area (Å²) in [5, 5.41) is 2.14. The third-order valence-electron chi connectivity index (χ3n) is 5.68. The van der Waals surface area contributed by atoms with E-state index in [0.29, 0.717) is 26.1 Å². The lowest BCUT2D eigenvalue weighted by Crippen LogP contribution is -2.62. The molecule has 1 aromatic carbocycles. The van der Waals surface area contributed by atoms with Gasteiger partial charge in [0.05, 0.1) is 21.8 Å². The van der Waals surface area contributed by atoms with Crippen molar-refractivity contribution in [3.63, 3.8) is 0 Å². The number of rotatable bonds is 7. The standard InChI is InChI=1S/C22H29F2N3O5S/c1-22(2,3)33(31)26-18(13-5-4-6-14(23)11-13)17(24)12-16-19(28)25-21(30)27(20(16)29)15-7-9-32-10-8-15/h4-6,11,15-18,26H,7-10,12H2,1-3H3,(H,25,28,30)/t16?,17-,18-,33+/m0/s1. The summed E-state index contributed by atoms with van der Waals surface area (Å²) in [7, 11) is -1.71. The highest BCUT2D eigenvalue weighted by molar-refractivity contribution is 7.84. The number of hydrogen-bond donors (Lipinski definition) is 2. The van der Waals surface area contributed by atoms with Crippen molar-refractivity contribution in [2.24, 2.45) is 5.92 Å². The maximum atomic E-state index is 15.7. The maximum absolute atomic E-state index is 15.7. The van der Waals surface area contributed by atoms with Gasteiger partial charge < -0.3 is 4.74 Å². The van der Waals surface area contributed by atoms with Gasteiger partial charge >= 0.3 is 6.03 Å². The topological polar surface area (TPSA) is 105 Å². The molecule has 2 heterocycles. The number of amides is 4. The van der Waals surface area contributed by atoms with E-state index in [0.717, 1.165) is 11.0 Å². The van der Waals surface area contributed by atoms with Crippen LogP contribution in [0.3, 0.4) is 0 Å². The van der Waals surface area contributed by atoms with E-state index in [1.165, 1.54) is 18.2 Å². The molecular formula is C22H29F2N3O5S. The minimum Gasteiger partial charge on any atom is -0.381 e. The number of nitrogens with one attached hydrogen (secondary N) is 2. The third kappa shape index (κ3) is 6.01. The second-order valence-electron chi connectivity index (χ2n) is 9.18. The van der Waals surface area contributed by atoms with Gasteiger partial charge in [0.1, 0.15) is 17.9 Å². The van der Waals surface area contributed by atoms with Gasteiger partial charge in [0.2, 0.25) is 11.8 Å². The molecule has 11 heteroatoms. The van der Waals surface area contributed by atoms with Crippen molar-refractivity contribution in [1.82, 2.24) is 14.9 Å². The molecular weight excluding hydrogens is 456 g/mol. The zero-order valence-electron chi connectivity index (χ0n) is 18.8. The molecule has 3 rings (SSSR count). The first-order valence-electron chi connectivity index (χ1n) is 10.8. The van der Waals surface area contributed by atoms with Crippen molar-refractivity contribution < 1.29 is 32.1 Å². The molecule has 4 atom stereocenters. The number of carbonyl (C=O) groups is 3. The van der Waals surface area contributed by atoms with E-state index in [2.05, 4.69) is 10.0 Å². The zero-order chi connectivity index (χ0) is 24.3. The summed E-state index contributed by atoms with van der Waals surface area (Å²) in [5.74, 6) is -3.70. The molecule has 2 N–H and O–H groups in total. The molecule has 0 aromatic heterocycles. The molecule has 0 saturated carbocycles. The van der Waals surface area contributed by atoms with E-state index in [4.69, 9.17) is 4.74 Å². The number of imide groups is 2. The molecule has 4 amide bonds. The number of barbiturate groups is 1. The van der Waals surface area contributed by atoms with Gasteiger partial charge in [-0.25, -0.2) is 22.5 Å². The summed E-state index contributed by atoms with van der Waals surface area (Å²) >= 11 is 0. The molecule has 33 heavy (non-hydrogen) atoms. The molecule has 2 aliphatic rings. The highest BCUT2D eigenvalue weighted by atomic mass is 32.2. The number of carbonyl (C=O) groups excluding carboxylic acids is 3. The third-order valence-corrected chi connectivity index (χ3v) is 7.26. The Bertz CT molecular complexity index is 933. The Kier molecular flexibility index (Phi) is 7.96. The molecule has 8 nitrogen and oxygen atoms in total. The van der Waals surface area contributed by atoms with Crippen LogP contribution in [0, 0.1) is 11.7 Å². The zero-order valence-corrected chi connectivity index (χ0v) is 19.6. The number of nitrogens with zero attached hydrogens (tertiary/aromatic N) is 1. The predicted molar refractivity (Wildman–Crippen MR) is 117 cm³/mol. The Morgan fingerprint density at radius 3 is 2.52 bits per heavy atom. The molecule has 2 fully saturated rings. The second kappa shape index (κ2) is 10.4. The van der Waals surface area contributed by atoms with E-state index in [9.17, 15) is 23.0 Å². The number of halogens is 2. The number of ether oxygens (including phenoxy) is 1. The fraction of sp³-hybridized carbons (Fsp3) is 0.591. The van der Waals surface area contributed by atoms with Crippen LogP contribution in [-0.4, -0.2) is 57.1 Å². The van der Waals surface area contributed by atoms with Gasteiger partial charge in [0.25, 0.3) is 0 Å². The SMILES string of the molecule is CC(C)(C)[S@@](=O)N[C@@H](c1cccc(F)c1)[C@@H](F)CC1C(=O)NC(=O)N(C2CCOCC2)C1=O. The molecule has 0 aliphatic carbocycles.